The van der Waals surface area contributed by atoms with Gasteiger partial charge in [-0.15, -0.1) is 0 Å². The fourth-order valence-electron chi connectivity index (χ4n) is 4.97. The molecular formula is C26H35NO2. The van der Waals surface area contributed by atoms with Crippen LogP contribution >= 0.6 is 0 Å². The maximum atomic E-state index is 13.7. The number of fused-ring (bicyclic) bond motifs is 2. The largest absolute Gasteiger partial charge is 0.391 e. The second-order valence-electron chi connectivity index (χ2n) is 11.2. The number of amides is 1. The van der Waals surface area contributed by atoms with Crippen molar-refractivity contribution in [1.29, 1.82) is 0 Å². The zero-order valence-corrected chi connectivity index (χ0v) is 18.7. The Morgan fingerprint density at radius 3 is 2.45 bits per heavy atom. The highest BCUT2D eigenvalue weighted by molar-refractivity contribution is 5.98. The lowest BCUT2D eigenvalue weighted by Crippen LogP contribution is -2.35. The molecule has 2 aliphatic carbocycles. The lowest BCUT2D eigenvalue weighted by Gasteiger charge is -2.33. The highest BCUT2D eigenvalue weighted by Gasteiger charge is 2.42. The maximum Gasteiger partial charge on any atom is 0.234 e. The number of benzene rings is 1. The first-order valence-electron chi connectivity index (χ1n) is 11.0. The summed E-state index contributed by atoms with van der Waals surface area (Å²) in [5.41, 5.74) is 6.38. The number of hydrogen-bond donors (Lipinski definition) is 1. The summed E-state index contributed by atoms with van der Waals surface area (Å²) in [6.45, 7) is 14.6. The summed E-state index contributed by atoms with van der Waals surface area (Å²) in [5, 5.41) is 10.0. The second-order valence-corrected chi connectivity index (χ2v) is 11.2. The number of nitrogens with zero attached hydrogens (tertiary/aromatic N) is 1. The third kappa shape index (κ3) is 3.59. The van der Waals surface area contributed by atoms with E-state index in [2.05, 4.69) is 71.9 Å². The summed E-state index contributed by atoms with van der Waals surface area (Å²) in [7, 11) is 0. The van der Waals surface area contributed by atoms with E-state index in [1.807, 2.05) is 4.90 Å². The van der Waals surface area contributed by atoms with Crippen molar-refractivity contribution in [2.45, 2.75) is 71.8 Å². The van der Waals surface area contributed by atoms with Gasteiger partial charge in [0.15, 0.2) is 0 Å². The van der Waals surface area contributed by atoms with Gasteiger partial charge in [-0.1, -0.05) is 71.9 Å². The standard InChI is InChI=1S/C26H35NO2/c1-25(2,3)16-7-9-19-20-10-8-17(26(4,5)6)14-22(20)23(21(19)13-16)24(29)27-12-11-18(28)15-27/h7-10,13,17-18,23,28H,11-12,14-15H2,1-6H3. The topological polar surface area (TPSA) is 40.5 Å². The molecule has 1 saturated heterocycles. The maximum absolute atomic E-state index is 13.7. The van der Waals surface area contributed by atoms with Crippen LogP contribution in [0.1, 0.15) is 77.0 Å². The van der Waals surface area contributed by atoms with Crippen LogP contribution in [0.15, 0.2) is 35.9 Å². The minimum atomic E-state index is -0.386. The van der Waals surface area contributed by atoms with E-state index in [1.165, 1.54) is 22.3 Å². The number of β-amino-alcohol motifs (C(OH)–C–C–N with tert-alkyl or cyclic N) is 1. The molecule has 0 aromatic heterocycles. The van der Waals surface area contributed by atoms with Gasteiger partial charge in [-0.3, -0.25) is 4.79 Å². The minimum Gasteiger partial charge on any atom is -0.391 e. The zero-order valence-electron chi connectivity index (χ0n) is 18.7. The predicted octanol–water partition coefficient (Wildman–Crippen LogP) is 5.05. The SMILES string of the molecule is CC(C)(C)c1ccc2c(c1)C(C(=O)N1CCC(O)C1)C1=C2C=CC(C(C)(C)C)C1. The smallest absolute Gasteiger partial charge is 0.234 e. The summed E-state index contributed by atoms with van der Waals surface area (Å²) >= 11 is 0. The number of carbonyl (C=O) groups is 1. The van der Waals surface area contributed by atoms with E-state index in [1.54, 1.807) is 0 Å². The lowest BCUT2D eigenvalue weighted by molar-refractivity contribution is -0.131. The monoisotopic (exact) mass is 393 g/mol. The van der Waals surface area contributed by atoms with Crippen molar-refractivity contribution in [1.82, 2.24) is 4.90 Å². The van der Waals surface area contributed by atoms with E-state index < -0.39 is 0 Å². The summed E-state index contributed by atoms with van der Waals surface area (Å²) in [5.74, 6) is 0.390. The first-order chi connectivity index (χ1) is 13.5. The van der Waals surface area contributed by atoms with Gasteiger partial charge < -0.3 is 10.0 Å². The van der Waals surface area contributed by atoms with Crippen molar-refractivity contribution >= 4 is 11.5 Å². The molecule has 3 aliphatic rings. The number of hydrogen-bond acceptors (Lipinski definition) is 2. The Hall–Kier alpha value is -1.87. The Morgan fingerprint density at radius 1 is 1.14 bits per heavy atom. The van der Waals surface area contributed by atoms with Gasteiger partial charge in [0.2, 0.25) is 5.91 Å². The van der Waals surface area contributed by atoms with E-state index in [4.69, 9.17) is 0 Å². The molecule has 0 bridgehead atoms. The number of likely N-dealkylation sites (tertiary alicyclic amines) is 1. The van der Waals surface area contributed by atoms with E-state index >= 15 is 0 Å². The van der Waals surface area contributed by atoms with Crippen LogP contribution in [0.4, 0.5) is 0 Å². The molecule has 1 aliphatic heterocycles. The molecule has 4 rings (SSSR count). The van der Waals surface area contributed by atoms with Crippen molar-refractivity contribution in [3.63, 3.8) is 0 Å². The minimum absolute atomic E-state index is 0.0410. The van der Waals surface area contributed by atoms with Crippen molar-refractivity contribution < 1.29 is 9.90 Å². The van der Waals surface area contributed by atoms with E-state index in [0.29, 0.717) is 25.4 Å². The second kappa shape index (κ2) is 6.84. The van der Waals surface area contributed by atoms with Crippen LogP contribution in [-0.2, 0) is 10.2 Å². The van der Waals surface area contributed by atoms with Crippen LogP contribution in [0, 0.1) is 11.3 Å². The van der Waals surface area contributed by atoms with Gasteiger partial charge in [-0.05, 0) is 57.4 Å². The molecule has 29 heavy (non-hydrogen) atoms. The molecule has 3 atom stereocenters. The van der Waals surface area contributed by atoms with Crippen LogP contribution in [0.25, 0.3) is 5.57 Å². The third-order valence-electron chi connectivity index (χ3n) is 6.98. The molecule has 1 N–H and O–H groups in total. The first-order valence-corrected chi connectivity index (χ1v) is 11.0. The first kappa shape index (κ1) is 20.4. The molecule has 3 unspecified atom stereocenters. The Kier molecular flexibility index (Phi) is 4.81. The predicted molar refractivity (Wildman–Crippen MR) is 119 cm³/mol. The fraction of sp³-hybridized carbons (Fsp3) is 0.577. The lowest BCUT2D eigenvalue weighted by atomic mass is 9.72. The van der Waals surface area contributed by atoms with Gasteiger partial charge in [0.1, 0.15) is 0 Å². The normalized spacial score (nSPS) is 26.7. The summed E-state index contributed by atoms with van der Waals surface area (Å²) in [6, 6.07) is 6.71. The highest BCUT2D eigenvalue weighted by atomic mass is 16.3. The Labute approximate surface area is 175 Å². The van der Waals surface area contributed by atoms with Crippen LogP contribution in [-0.4, -0.2) is 35.1 Å². The number of carbonyl (C=O) groups excluding carboxylic acids is 1. The third-order valence-corrected chi connectivity index (χ3v) is 6.98. The van der Waals surface area contributed by atoms with Crippen molar-refractivity contribution in [2.75, 3.05) is 13.1 Å². The quantitative estimate of drug-likeness (QED) is 0.725. The van der Waals surface area contributed by atoms with Crippen LogP contribution in [0.3, 0.4) is 0 Å². The Bertz CT molecular complexity index is 894. The molecule has 1 aromatic rings. The molecular weight excluding hydrogens is 358 g/mol. The number of aliphatic hydroxyl groups is 1. The molecule has 1 aromatic carbocycles. The Morgan fingerprint density at radius 2 is 1.86 bits per heavy atom. The van der Waals surface area contributed by atoms with Crippen LogP contribution in [0.5, 0.6) is 0 Å². The van der Waals surface area contributed by atoms with Gasteiger partial charge in [0.25, 0.3) is 0 Å². The van der Waals surface area contributed by atoms with Gasteiger partial charge in [-0.2, -0.15) is 0 Å². The number of allylic oxidation sites excluding steroid dienone is 3. The molecule has 3 heteroatoms. The summed E-state index contributed by atoms with van der Waals surface area (Å²) in [6.07, 6.45) is 5.83. The van der Waals surface area contributed by atoms with Crippen molar-refractivity contribution in [3.05, 3.63) is 52.6 Å². The average molecular weight is 394 g/mol. The zero-order chi connectivity index (χ0) is 21.1. The van der Waals surface area contributed by atoms with E-state index in [-0.39, 0.29) is 28.8 Å². The fourth-order valence-corrected chi connectivity index (χ4v) is 4.97. The molecule has 1 fully saturated rings. The van der Waals surface area contributed by atoms with Gasteiger partial charge in [-0.25, -0.2) is 0 Å². The van der Waals surface area contributed by atoms with E-state index in [0.717, 1.165) is 12.0 Å². The Balaban J connectivity index is 1.79. The van der Waals surface area contributed by atoms with E-state index in [9.17, 15) is 9.90 Å². The average Bonchev–Trinajstić information content (AvgIpc) is 3.20. The molecule has 0 spiro atoms. The molecule has 0 radical (unpaired) electrons. The molecule has 156 valence electrons. The highest BCUT2D eigenvalue weighted by Crippen LogP contribution is 2.51. The van der Waals surface area contributed by atoms with Gasteiger partial charge in [0.05, 0.1) is 12.0 Å². The van der Waals surface area contributed by atoms with Gasteiger partial charge >= 0.3 is 0 Å². The molecule has 3 nitrogen and oxygen atoms in total. The number of aliphatic hydroxyl groups excluding tert-OH is 1. The van der Waals surface area contributed by atoms with Crippen LogP contribution in [0.2, 0.25) is 0 Å². The molecule has 1 amide bonds. The molecule has 0 saturated carbocycles. The summed E-state index contributed by atoms with van der Waals surface area (Å²) in [4.78, 5) is 15.6. The van der Waals surface area contributed by atoms with Gasteiger partial charge in [0, 0.05) is 13.1 Å². The van der Waals surface area contributed by atoms with Crippen molar-refractivity contribution in [3.8, 4) is 0 Å². The molecule has 1 heterocycles. The summed E-state index contributed by atoms with van der Waals surface area (Å²) < 4.78 is 0. The number of rotatable bonds is 1. The van der Waals surface area contributed by atoms with Crippen LogP contribution < -0.4 is 0 Å². The van der Waals surface area contributed by atoms with Crippen molar-refractivity contribution in [2.24, 2.45) is 11.3 Å².